The molecule has 29 heavy (non-hydrogen) atoms. The maximum absolute atomic E-state index is 12.8. The third kappa shape index (κ3) is 5.23. The Kier molecular flexibility index (Phi) is 6.69. The average molecular weight is 399 g/mol. The van der Waals surface area contributed by atoms with Crippen molar-refractivity contribution in [2.45, 2.75) is 52.6 Å². The fourth-order valence-electron chi connectivity index (χ4n) is 3.85. The molecule has 0 radical (unpaired) electrons. The lowest BCUT2D eigenvalue weighted by atomic mass is 10.1. The molecule has 0 spiro atoms. The average Bonchev–Trinajstić information content (AvgIpc) is 2.94. The predicted molar refractivity (Wildman–Crippen MR) is 109 cm³/mol. The molecule has 7 nitrogen and oxygen atoms in total. The van der Waals surface area contributed by atoms with E-state index in [-0.39, 0.29) is 25.0 Å². The largest absolute Gasteiger partial charge is 0.481 e. The number of aromatic nitrogens is 2. The number of amides is 1. The summed E-state index contributed by atoms with van der Waals surface area (Å²) < 4.78 is 7.35. The van der Waals surface area contributed by atoms with Gasteiger partial charge in [-0.1, -0.05) is 29.8 Å². The normalized spacial score (nSPS) is 16.8. The van der Waals surface area contributed by atoms with Crippen molar-refractivity contribution in [3.05, 3.63) is 52.3 Å². The zero-order chi connectivity index (χ0) is 21.0. The number of morpholine rings is 1. The molecule has 156 valence electrons. The monoisotopic (exact) mass is 399 g/mol. The van der Waals surface area contributed by atoms with Gasteiger partial charge in [0.1, 0.15) is 0 Å². The zero-order valence-corrected chi connectivity index (χ0v) is 17.4. The van der Waals surface area contributed by atoms with Crippen LogP contribution in [-0.4, -0.2) is 57.5 Å². The minimum absolute atomic E-state index is 0.0235. The lowest BCUT2D eigenvalue weighted by molar-refractivity contribution is -0.146. The first kappa shape index (κ1) is 21.0. The van der Waals surface area contributed by atoms with E-state index in [4.69, 9.17) is 9.84 Å². The molecule has 1 aromatic carbocycles. The molecular weight excluding hydrogens is 370 g/mol. The van der Waals surface area contributed by atoms with Gasteiger partial charge in [-0.3, -0.25) is 14.3 Å². The molecule has 3 rings (SSSR count). The number of ether oxygens (including phenoxy) is 1. The zero-order valence-electron chi connectivity index (χ0n) is 17.4. The summed E-state index contributed by atoms with van der Waals surface area (Å²) in [4.78, 5) is 25.5. The van der Waals surface area contributed by atoms with Crippen LogP contribution < -0.4 is 0 Å². The second-order valence-corrected chi connectivity index (χ2v) is 7.71. The van der Waals surface area contributed by atoms with E-state index in [1.807, 2.05) is 18.5 Å². The van der Waals surface area contributed by atoms with Crippen LogP contribution in [-0.2, 0) is 27.3 Å². The first-order valence-electron chi connectivity index (χ1n) is 10.0. The molecule has 1 aromatic heterocycles. The van der Waals surface area contributed by atoms with Crippen LogP contribution in [0, 0.1) is 20.8 Å². The Hall–Kier alpha value is -2.67. The lowest BCUT2D eigenvalue weighted by Crippen LogP contribution is -2.49. The third-order valence-corrected chi connectivity index (χ3v) is 5.53. The second-order valence-electron chi connectivity index (χ2n) is 7.71. The number of nitrogens with zero attached hydrogens (tertiary/aromatic N) is 3. The molecule has 2 heterocycles. The Morgan fingerprint density at radius 3 is 2.62 bits per heavy atom. The number of rotatable bonds is 7. The number of aliphatic carboxylic acids is 1. The molecule has 0 saturated carbocycles. The number of hydrogen-bond acceptors (Lipinski definition) is 4. The standard InChI is InChI=1S/C22H29N3O4/c1-15-4-6-18(7-5-15)13-25-17(3)20(16(2)23-25)8-9-21(26)24-10-11-29-14-19(24)12-22(27)28/h4-7,19H,8-14H2,1-3H3,(H,27,28). The van der Waals surface area contributed by atoms with Crippen LogP contribution in [0.15, 0.2) is 24.3 Å². The van der Waals surface area contributed by atoms with E-state index in [0.29, 0.717) is 32.5 Å². The predicted octanol–water partition coefficient (Wildman–Crippen LogP) is 2.49. The van der Waals surface area contributed by atoms with Crippen molar-refractivity contribution in [3.8, 4) is 0 Å². The molecule has 1 amide bonds. The summed E-state index contributed by atoms with van der Waals surface area (Å²) in [7, 11) is 0. The SMILES string of the molecule is Cc1ccc(Cn2nc(C)c(CCC(=O)N3CCOCC3CC(=O)O)c2C)cc1. The molecule has 2 aromatic rings. The minimum Gasteiger partial charge on any atom is -0.481 e. The van der Waals surface area contributed by atoms with E-state index in [1.54, 1.807) is 4.90 Å². The number of carbonyl (C=O) groups excluding carboxylic acids is 1. The summed E-state index contributed by atoms with van der Waals surface area (Å²) >= 11 is 0. The molecule has 1 saturated heterocycles. The molecular formula is C22H29N3O4. The molecule has 0 aliphatic carbocycles. The van der Waals surface area contributed by atoms with Crippen LogP contribution >= 0.6 is 0 Å². The quantitative estimate of drug-likeness (QED) is 0.773. The second kappa shape index (κ2) is 9.22. The summed E-state index contributed by atoms with van der Waals surface area (Å²) in [5, 5.41) is 13.7. The Morgan fingerprint density at radius 2 is 1.93 bits per heavy atom. The van der Waals surface area contributed by atoms with Crippen molar-refractivity contribution in [1.82, 2.24) is 14.7 Å². The molecule has 1 N–H and O–H groups in total. The van der Waals surface area contributed by atoms with Crippen LogP contribution in [0.5, 0.6) is 0 Å². The molecule has 1 unspecified atom stereocenters. The van der Waals surface area contributed by atoms with Crippen LogP contribution in [0.4, 0.5) is 0 Å². The minimum atomic E-state index is -0.914. The Balaban J connectivity index is 1.65. The molecule has 1 aliphatic heterocycles. The van der Waals surface area contributed by atoms with Crippen LogP contribution in [0.3, 0.4) is 0 Å². The van der Waals surface area contributed by atoms with Gasteiger partial charge in [0.25, 0.3) is 0 Å². The van der Waals surface area contributed by atoms with Crippen molar-refractivity contribution in [3.63, 3.8) is 0 Å². The summed E-state index contributed by atoms with van der Waals surface area (Å²) in [5.74, 6) is -0.938. The van der Waals surface area contributed by atoms with Gasteiger partial charge in [-0.25, -0.2) is 0 Å². The summed E-state index contributed by atoms with van der Waals surface area (Å²) in [6.07, 6.45) is 0.855. The summed E-state index contributed by atoms with van der Waals surface area (Å²) in [5.41, 5.74) is 5.51. The van der Waals surface area contributed by atoms with E-state index in [9.17, 15) is 9.59 Å². The van der Waals surface area contributed by atoms with Crippen molar-refractivity contribution in [2.24, 2.45) is 0 Å². The van der Waals surface area contributed by atoms with Crippen molar-refractivity contribution in [2.75, 3.05) is 19.8 Å². The van der Waals surface area contributed by atoms with Gasteiger partial charge < -0.3 is 14.7 Å². The Labute approximate surface area is 171 Å². The first-order chi connectivity index (χ1) is 13.8. The fraction of sp³-hybridized carbons (Fsp3) is 0.500. The molecule has 1 fully saturated rings. The third-order valence-electron chi connectivity index (χ3n) is 5.53. The van der Waals surface area contributed by atoms with Crippen molar-refractivity contribution < 1.29 is 19.4 Å². The maximum atomic E-state index is 12.8. The van der Waals surface area contributed by atoms with Crippen LogP contribution in [0.2, 0.25) is 0 Å². The Morgan fingerprint density at radius 1 is 1.21 bits per heavy atom. The molecule has 7 heteroatoms. The number of carboxylic acid groups (broad SMARTS) is 1. The van der Waals surface area contributed by atoms with Gasteiger partial charge >= 0.3 is 5.97 Å². The first-order valence-corrected chi connectivity index (χ1v) is 10.0. The van der Waals surface area contributed by atoms with E-state index in [2.05, 4.69) is 36.3 Å². The van der Waals surface area contributed by atoms with Crippen molar-refractivity contribution >= 4 is 11.9 Å². The highest BCUT2D eigenvalue weighted by Crippen LogP contribution is 2.19. The van der Waals surface area contributed by atoms with E-state index >= 15 is 0 Å². The smallest absolute Gasteiger partial charge is 0.305 e. The van der Waals surface area contributed by atoms with Crippen LogP contribution in [0.25, 0.3) is 0 Å². The van der Waals surface area contributed by atoms with E-state index in [0.717, 1.165) is 17.0 Å². The van der Waals surface area contributed by atoms with Gasteiger partial charge in [-0.05, 0) is 38.3 Å². The van der Waals surface area contributed by atoms with Gasteiger partial charge in [0.15, 0.2) is 0 Å². The number of carbonyl (C=O) groups is 2. The molecule has 1 atom stereocenters. The van der Waals surface area contributed by atoms with E-state index in [1.165, 1.54) is 11.1 Å². The number of aryl methyl sites for hydroxylation is 2. The highest BCUT2D eigenvalue weighted by molar-refractivity contribution is 5.78. The Bertz CT molecular complexity index is 873. The molecule has 1 aliphatic rings. The highest BCUT2D eigenvalue weighted by atomic mass is 16.5. The van der Waals surface area contributed by atoms with Gasteiger partial charge in [0.2, 0.25) is 5.91 Å². The van der Waals surface area contributed by atoms with Gasteiger partial charge in [-0.15, -0.1) is 0 Å². The van der Waals surface area contributed by atoms with Gasteiger partial charge in [0, 0.05) is 18.7 Å². The highest BCUT2D eigenvalue weighted by Gasteiger charge is 2.29. The fourth-order valence-corrected chi connectivity index (χ4v) is 3.85. The van der Waals surface area contributed by atoms with E-state index < -0.39 is 5.97 Å². The molecule has 0 bridgehead atoms. The number of benzene rings is 1. The number of hydrogen-bond donors (Lipinski definition) is 1. The lowest BCUT2D eigenvalue weighted by Gasteiger charge is -2.35. The van der Waals surface area contributed by atoms with Gasteiger partial charge in [0.05, 0.1) is 37.9 Å². The summed E-state index contributed by atoms with van der Waals surface area (Å²) in [6, 6.07) is 8.01. The van der Waals surface area contributed by atoms with Crippen LogP contribution in [0.1, 0.15) is 40.9 Å². The maximum Gasteiger partial charge on any atom is 0.305 e. The number of carboxylic acids is 1. The topological polar surface area (TPSA) is 84.7 Å². The van der Waals surface area contributed by atoms with Gasteiger partial charge in [-0.2, -0.15) is 5.10 Å². The summed E-state index contributed by atoms with van der Waals surface area (Å²) in [6.45, 7) is 7.96. The van der Waals surface area contributed by atoms with Crippen molar-refractivity contribution in [1.29, 1.82) is 0 Å².